The van der Waals surface area contributed by atoms with Crippen molar-refractivity contribution in [1.82, 2.24) is 9.97 Å². The summed E-state index contributed by atoms with van der Waals surface area (Å²) in [7, 11) is -2.70. The van der Waals surface area contributed by atoms with Crippen LogP contribution in [0.4, 0.5) is 19.0 Å². The highest BCUT2D eigenvalue weighted by atomic mass is 32.2. The van der Waals surface area contributed by atoms with E-state index in [-0.39, 0.29) is 40.5 Å². The maximum absolute atomic E-state index is 12.6. The molecule has 0 saturated heterocycles. The molecule has 2 aromatic rings. The van der Waals surface area contributed by atoms with Gasteiger partial charge < -0.3 is 14.8 Å². The van der Waals surface area contributed by atoms with Crippen molar-refractivity contribution >= 4 is 33.4 Å². The number of nitrogens with one attached hydrogen (secondary N) is 1. The summed E-state index contributed by atoms with van der Waals surface area (Å²) in [6, 6.07) is 5.36. The maximum atomic E-state index is 12.6. The predicted molar refractivity (Wildman–Crippen MR) is 98.8 cm³/mol. The lowest BCUT2D eigenvalue weighted by atomic mass is 10.2. The van der Waals surface area contributed by atoms with Gasteiger partial charge in [0.1, 0.15) is 6.73 Å². The molecule has 0 radical (unpaired) electrons. The molecule has 13 heteroatoms. The summed E-state index contributed by atoms with van der Waals surface area (Å²) in [5.74, 6) is -2.08. The van der Waals surface area contributed by atoms with Gasteiger partial charge in [0.05, 0.1) is 12.9 Å². The van der Waals surface area contributed by atoms with E-state index in [0.29, 0.717) is 0 Å². The molecule has 0 aliphatic heterocycles. The minimum absolute atomic E-state index is 0.0216. The van der Waals surface area contributed by atoms with Crippen molar-refractivity contribution in [1.29, 1.82) is 0 Å². The Morgan fingerprint density at radius 1 is 1.21 bits per heavy atom. The summed E-state index contributed by atoms with van der Waals surface area (Å²) in [6.45, 7) is -0.332. The third-order valence-corrected chi connectivity index (χ3v) is 5.38. The number of nitrogens with zero attached hydrogens (tertiary/aromatic N) is 2. The number of alkyl halides is 3. The van der Waals surface area contributed by atoms with Gasteiger partial charge in [-0.25, -0.2) is 23.2 Å². The Kier molecular flexibility index (Phi) is 7.81. The van der Waals surface area contributed by atoms with E-state index in [2.05, 4.69) is 20.0 Å². The van der Waals surface area contributed by atoms with E-state index < -0.39 is 33.0 Å². The molecule has 29 heavy (non-hydrogen) atoms. The largest absolute Gasteiger partial charge is 0.464 e. The normalized spacial score (nSPS) is 11.9. The Balaban J connectivity index is 1.95. The number of thioether (sulfide) groups is 1. The van der Waals surface area contributed by atoms with Crippen LogP contribution >= 0.6 is 11.8 Å². The Morgan fingerprint density at radius 2 is 1.90 bits per heavy atom. The van der Waals surface area contributed by atoms with Gasteiger partial charge in [-0.2, -0.15) is 13.2 Å². The van der Waals surface area contributed by atoms with E-state index in [1.54, 1.807) is 0 Å². The number of anilines is 1. The highest BCUT2D eigenvalue weighted by molar-refractivity contribution is 8.00. The molecule has 0 bridgehead atoms. The van der Waals surface area contributed by atoms with Crippen LogP contribution in [-0.2, 0) is 25.1 Å². The smallest absolute Gasteiger partial charge is 0.446 e. The fourth-order valence-corrected chi connectivity index (χ4v) is 4.03. The van der Waals surface area contributed by atoms with Gasteiger partial charge in [0.15, 0.2) is 27.3 Å². The van der Waals surface area contributed by atoms with Gasteiger partial charge in [0, 0.05) is 17.3 Å². The van der Waals surface area contributed by atoms with Crippen molar-refractivity contribution in [2.24, 2.45) is 0 Å². The summed E-state index contributed by atoms with van der Waals surface area (Å²) in [4.78, 5) is 19.1. The summed E-state index contributed by atoms with van der Waals surface area (Å²) < 4.78 is 71.8. The summed E-state index contributed by atoms with van der Waals surface area (Å²) >= 11 is -0.377. The average Bonchev–Trinajstić information content (AvgIpc) is 2.65. The number of hydrogen-bond acceptors (Lipinski definition) is 9. The maximum Gasteiger partial charge on any atom is 0.446 e. The predicted octanol–water partition coefficient (Wildman–Crippen LogP) is 2.83. The van der Waals surface area contributed by atoms with Crippen LogP contribution < -0.4 is 5.32 Å². The molecule has 0 aliphatic rings. The van der Waals surface area contributed by atoms with E-state index in [1.807, 2.05) is 0 Å². The minimum atomic E-state index is -4.53. The first kappa shape index (κ1) is 22.9. The molecule has 1 aromatic heterocycles. The van der Waals surface area contributed by atoms with Crippen LogP contribution in [0.5, 0.6) is 0 Å². The second-order valence-electron chi connectivity index (χ2n) is 5.43. The molecule has 0 saturated carbocycles. The number of methoxy groups -OCH3 is 1. The van der Waals surface area contributed by atoms with E-state index in [1.165, 1.54) is 43.8 Å². The highest BCUT2D eigenvalue weighted by Gasteiger charge is 2.31. The highest BCUT2D eigenvalue weighted by Crippen LogP contribution is 2.38. The average molecular weight is 451 g/mol. The monoisotopic (exact) mass is 451 g/mol. The zero-order valence-corrected chi connectivity index (χ0v) is 16.6. The first-order valence-electron chi connectivity index (χ1n) is 7.86. The quantitative estimate of drug-likeness (QED) is 0.266. The number of esters is 1. The minimum Gasteiger partial charge on any atom is -0.464 e. The van der Waals surface area contributed by atoms with Gasteiger partial charge in [0.25, 0.3) is 0 Å². The molecular formula is C16H16F3N3O5S2. The fourth-order valence-electron chi connectivity index (χ4n) is 2.13. The molecule has 0 spiro atoms. The van der Waals surface area contributed by atoms with Crippen molar-refractivity contribution in [3.8, 4) is 0 Å². The molecule has 2 rings (SSSR count). The van der Waals surface area contributed by atoms with Crippen molar-refractivity contribution in [2.45, 2.75) is 16.2 Å². The second kappa shape index (κ2) is 9.89. The second-order valence-corrected chi connectivity index (χ2v) is 8.55. The van der Waals surface area contributed by atoms with Crippen LogP contribution in [0.25, 0.3) is 0 Å². The van der Waals surface area contributed by atoms with Gasteiger partial charge >= 0.3 is 11.5 Å². The molecule has 1 N–H and O–H groups in total. The van der Waals surface area contributed by atoms with Crippen LogP contribution in [0.15, 0.2) is 41.6 Å². The lowest BCUT2D eigenvalue weighted by molar-refractivity contribution is -0.0328. The molecule has 158 valence electrons. The van der Waals surface area contributed by atoms with E-state index in [4.69, 9.17) is 4.74 Å². The SMILES string of the molecule is COC(=O)c1nccnc1NCOCS(=O)(=O)Cc1ccccc1SC(F)(F)F. The van der Waals surface area contributed by atoms with Crippen LogP contribution in [0.1, 0.15) is 16.1 Å². The summed E-state index contributed by atoms with van der Waals surface area (Å²) in [5, 5.41) is 2.59. The lowest BCUT2D eigenvalue weighted by Gasteiger charge is -2.12. The molecule has 1 heterocycles. The third-order valence-electron chi connectivity index (χ3n) is 3.26. The first-order valence-corrected chi connectivity index (χ1v) is 10.5. The van der Waals surface area contributed by atoms with E-state index in [0.717, 1.165) is 0 Å². The van der Waals surface area contributed by atoms with Gasteiger partial charge in [-0.1, -0.05) is 18.2 Å². The molecule has 0 amide bonds. The number of benzene rings is 1. The molecule has 0 aliphatic carbocycles. The number of aromatic nitrogens is 2. The zero-order valence-electron chi connectivity index (χ0n) is 15.0. The summed E-state index contributed by atoms with van der Waals surface area (Å²) in [5.41, 5.74) is -4.62. The van der Waals surface area contributed by atoms with Crippen LogP contribution in [0.2, 0.25) is 0 Å². The van der Waals surface area contributed by atoms with Crippen molar-refractivity contribution in [2.75, 3.05) is 25.1 Å². The standard InChI is InChI=1S/C16H16F3N3O5S2/c1-26-15(23)13-14(21-7-6-20-13)22-9-27-10-29(24,25)8-11-4-2-3-5-12(11)28-16(17,18)19/h2-7H,8-10H2,1H3,(H,21,22). The van der Waals surface area contributed by atoms with Crippen LogP contribution in [0.3, 0.4) is 0 Å². The Hall–Kier alpha value is -2.38. The molecule has 0 atom stereocenters. The zero-order chi connectivity index (χ0) is 21.5. The van der Waals surface area contributed by atoms with Gasteiger partial charge in [-0.15, -0.1) is 0 Å². The lowest BCUT2D eigenvalue weighted by Crippen LogP contribution is -2.18. The summed E-state index contributed by atoms with van der Waals surface area (Å²) in [6.07, 6.45) is 2.58. The number of rotatable bonds is 9. The van der Waals surface area contributed by atoms with Gasteiger partial charge in [-0.3, -0.25) is 0 Å². The van der Waals surface area contributed by atoms with Crippen LogP contribution in [0, 0.1) is 0 Å². The number of hydrogen-bond donors (Lipinski definition) is 1. The fraction of sp³-hybridized carbons (Fsp3) is 0.312. The van der Waals surface area contributed by atoms with E-state index in [9.17, 15) is 26.4 Å². The van der Waals surface area contributed by atoms with Crippen molar-refractivity contribution in [3.05, 3.63) is 47.9 Å². The number of carbonyl (C=O) groups excluding carboxylic acids is 1. The number of carbonyl (C=O) groups is 1. The van der Waals surface area contributed by atoms with Crippen molar-refractivity contribution in [3.63, 3.8) is 0 Å². The number of sulfone groups is 1. The Labute approximate surface area is 168 Å². The third kappa shape index (κ3) is 7.51. The molecule has 0 unspecified atom stereocenters. The van der Waals surface area contributed by atoms with Crippen LogP contribution in [-0.4, -0.2) is 49.6 Å². The molecule has 8 nitrogen and oxygen atoms in total. The Bertz CT molecular complexity index is 955. The Morgan fingerprint density at radius 3 is 2.59 bits per heavy atom. The topological polar surface area (TPSA) is 107 Å². The van der Waals surface area contributed by atoms with E-state index >= 15 is 0 Å². The number of ether oxygens (including phenoxy) is 2. The van der Waals surface area contributed by atoms with Crippen molar-refractivity contribution < 1.29 is 35.9 Å². The first-order chi connectivity index (χ1) is 13.6. The molecule has 1 aromatic carbocycles. The molecular weight excluding hydrogens is 435 g/mol. The number of halogens is 3. The van der Waals surface area contributed by atoms with Gasteiger partial charge in [-0.05, 0) is 23.4 Å². The molecule has 0 fully saturated rings. The van der Waals surface area contributed by atoms with Gasteiger partial charge in [0.2, 0.25) is 0 Å².